The van der Waals surface area contributed by atoms with Gasteiger partial charge in [-0.2, -0.15) is 0 Å². The van der Waals surface area contributed by atoms with Gasteiger partial charge >= 0.3 is 41.8 Å². The van der Waals surface area contributed by atoms with Crippen LogP contribution in [0, 0.1) is 5.92 Å². The Balaban J connectivity index is 1.39. The summed E-state index contributed by atoms with van der Waals surface area (Å²) in [5.41, 5.74) is -7.08. The van der Waals surface area contributed by atoms with Crippen molar-refractivity contribution in [3.05, 3.63) is 58.1 Å². The Kier molecular flexibility index (Phi) is 11.0. The molecule has 27 nitrogen and oxygen atoms in total. The number of aromatic hydroxyl groups is 11. The van der Waals surface area contributed by atoms with Gasteiger partial charge in [-0.1, -0.05) is 0 Å². The Hall–Kier alpha value is -9.11. The average Bonchev–Trinajstić information content (AvgIpc) is 3.28. The maximum Gasteiger partial charge on any atom is 0.341 e. The molecule has 4 aliphatic rings. The second kappa shape index (κ2) is 16.4. The summed E-state index contributed by atoms with van der Waals surface area (Å²) in [5, 5.41) is 137. The van der Waals surface area contributed by atoms with Crippen molar-refractivity contribution in [1.29, 1.82) is 0 Å². The zero-order valence-corrected chi connectivity index (χ0v) is 33.4. The number of esters is 6. The highest BCUT2D eigenvalue weighted by Crippen LogP contribution is 2.54. The van der Waals surface area contributed by atoms with Gasteiger partial charge in [0.25, 0.3) is 0 Å². The molecule has 0 radical (unpaired) electrons. The summed E-state index contributed by atoms with van der Waals surface area (Å²) in [6.45, 7) is -1.31. The number of phenolic OH excluding ortho intramolecular Hbond substituents is 11. The highest BCUT2D eigenvalue weighted by Gasteiger charge is 2.58. The van der Waals surface area contributed by atoms with Crippen molar-refractivity contribution in [2.45, 2.75) is 49.1 Å². The first kappa shape index (κ1) is 45.5. The smallest absolute Gasteiger partial charge is 0.341 e. The summed E-state index contributed by atoms with van der Waals surface area (Å²) in [6.07, 6.45) is -16.3. The summed E-state index contributed by atoms with van der Waals surface area (Å²) >= 11 is 0. The predicted molar refractivity (Wildman–Crippen MR) is 206 cm³/mol. The number of carboxylic acid groups (broad SMARTS) is 1. The second-order valence-corrected chi connectivity index (χ2v) is 15.2. The first-order chi connectivity index (χ1) is 32.0. The lowest BCUT2D eigenvalue weighted by Crippen LogP contribution is -2.63. The number of carbonyl (C=O) groups excluding carboxylic acids is 6. The molecule has 1 saturated heterocycles. The van der Waals surface area contributed by atoms with E-state index in [0.717, 1.165) is 0 Å². The Morgan fingerprint density at radius 2 is 1.10 bits per heavy atom. The molecule has 8 rings (SSSR count). The van der Waals surface area contributed by atoms with Crippen LogP contribution in [0.3, 0.4) is 0 Å². The largest absolute Gasteiger partial charge is 0.504 e. The third kappa shape index (κ3) is 7.31. The molecule has 6 unspecified atom stereocenters. The number of aliphatic carboxylic acids is 1. The highest BCUT2D eigenvalue weighted by atomic mass is 16.7. The third-order valence-electron chi connectivity index (χ3n) is 11.2. The summed E-state index contributed by atoms with van der Waals surface area (Å²) in [7, 11) is 0. The molecule has 0 aliphatic carbocycles. The van der Waals surface area contributed by atoms with Crippen LogP contribution in [-0.2, 0) is 42.8 Å². The normalized spacial score (nSPS) is 24.3. The van der Waals surface area contributed by atoms with Crippen LogP contribution in [0.5, 0.6) is 69.0 Å². The van der Waals surface area contributed by atoms with E-state index < -0.39 is 211 Å². The number of benzene rings is 4. The maximum absolute atomic E-state index is 14.6. The topological polar surface area (TPSA) is 447 Å². The van der Waals surface area contributed by atoms with Crippen molar-refractivity contribution in [3.8, 4) is 80.1 Å². The number of hydrogen-bond acceptors (Lipinski definition) is 26. The van der Waals surface area contributed by atoms with Crippen molar-refractivity contribution in [3.63, 3.8) is 0 Å². The Labute approximate surface area is 374 Å². The molecule has 4 aromatic carbocycles. The predicted octanol–water partition coefficient (Wildman–Crippen LogP) is -0.00170. The summed E-state index contributed by atoms with van der Waals surface area (Å²) in [6, 6.07) is 2.36. The number of carboxylic acids is 1. The van der Waals surface area contributed by atoms with Gasteiger partial charge in [-0.3, -0.25) is 9.59 Å². The van der Waals surface area contributed by atoms with Crippen LogP contribution in [0.25, 0.3) is 11.1 Å². The van der Waals surface area contributed by atoms with Gasteiger partial charge in [0.15, 0.2) is 70.1 Å². The maximum atomic E-state index is 14.6. The fourth-order valence-electron chi connectivity index (χ4n) is 8.04. The minimum absolute atomic E-state index is 0.361. The molecule has 68 heavy (non-hydrogen) atoms. The van der Waals surface area contributed by atoms with Gasteiger partial charge < -0.3 is 99.5 Å². The quantitative estimate of drug-likeness (QED) is 0.0554. The highest BCUT2D eigenvalue weighted by molar-refractivity contribution is 6.08. The molecule has 8 atom stereocenters. The second-order valence-electron chi connectivity index (χ2n) is 15.2. The van der Waals surface area contributed by atoms with Gasteiger partial charge in [-0.05, 0) is 30.3 Å². The molecule has 4 heterocycles. The molecule has 0 spiro atoms. The SMILES string of the molecule is O=C(O)CC1C(=O)OC2C3OC(=O)c4cc(O)c(O)c(O)c4-c4c(cc(O)c(O)c4O)C(=O)OC[C@H]2O[C@H](OC(=O)c2cc(O)c(O)c(O)c2)C3OC(=O)c2cc(O)c(O)c3c2C1C(O)C(=O)O3. The Morgan fingerprint density at radius 3 is 1.69 bits per heavy atom. The number of rotatable bonds is 4. The monoisotopic (exact) mass is 954 g/mol. The molecule has 356 valence electrons. The number of aliphatic hydroxyl groups excluding tert-OH is 1. The minimum Gasteiger partial charge on any atom is -0.504 e. The van der Waals surface area contributed by atoms with E-state index in [0.29, 0.717) is 30.3 Å². The number of hydrogen-bond donors (Lipinski definition) is 13. The van der Waals surface area contributed by atoms with Gasteiger partial charge in [-0.15, -0.1) is 0 Å². The van der Waals surface area contributed by atoms with Crippen LogP contribution < -0.4 is 4.74 Å². The lowest BCUT2D eigenvalue weighted by atomic mass is 9.76. The van der Waals surface area contributed by atoms with Crippen LogP contribution in [0.4, 0.5) is 0 Å². The van der Waals surface area contributed by atoms with Gasteiger partial charge in [0, 0.05) is 22.6 Å². The zero-order chi connectivity index (χ0) is 49.5. The van der Waals surface area contributed by atoms with Crippen LogP contribution in [0.2, 0.25) is 0 Å². The van der Waals surface area contributed by atoms with E-state index >= 15 is 0 Å². The van der Waals surface area contributed by atoms with Crippen LogP contribution in [0.1, 0.15) is 59.3 Å². The first-order valence-corrected chi connectivity index (χ1v) is 19.2. The van der Waals surface area contributed by atoms with Gasteiger partial charge in [-0.25, -0.2) is 24.0 Å². The lowest BCUT2D eigenvalue weighted by molar-refractivity contribution is -0.287. The van der Waals surface area contributed by atoms with Crippen LogP contribution in [0.15, 0.2) is 30.3 Å². The van der Waals surface area contributed by atoms with E-state index in [-0.39, 0.29) is 0 Å². The molecule has 27 heteroatoms. The van der Waals surface area contributed by atoms with E-state index in [2.05, 4.69) is 0 Å². The number of ether oxygens (including phenoxy) is 7. The van der Waals surface area contributed by atoms with Crippen molar-refractivity contribution < 1.29 is 133 Å². The molecule has 4 bridgehead atoms. The number of phenols is 11. The van der Waals surface area contributed by atoms with Gasteiger partial charge in [0.1, 0.15) is 12.7 Å². The van der Waals surface area contributed by atoms with E-state index in [1.165, 1.54) is 0 Å². The molecule has 4 aromatic rings. The number of fused-ring (bicyclic) bond motifs is 3. The van der Waals surface area contributed by atoms with Gasteiger partial charge in [0.2, 0.25) is 29.6 Å². The lowest BCUT2D eigenvalue weighted by Gasteiger charge is -2.44. The molecule has 1 fully saturated rings. The molecule has 0 aromatic heterocycles. The Bertz CT molecular complexity index is 2900. The number of carbonyl (C=O) groups is 7. The average molecular weight is 955 g/mol. The molecular weight excluding hydrogens is 924 g/mol. The standard InChI is InChI=1S/C41H30O27/c42-13-1-8(2-14(43)24(13)49)35(56)68-41-34-33-31(64-39(60)12(6-19(47)48)22-23-11(38(59)67-34)5-17(46)27(52)32(23)65-40(61)30(22)55)18(63-41)7-62-36(57)9-3-15(44)25(50)28(53)20(9)21-10(37(58)66-33)4-16(45)26(51)29(21)54/h1-5,12,18,22,30-31,33-34,41-46,49-55H,6-7H2,(H,47,48)/t12?,18-,22?,30?,31?,33?,34?,41-/m1/s1. The van der Waals surface area contributed by atoms with Crippen LogP contribution >= 0.6 is 0 Å². The van der Waals surface area contributed by atoms with Gasteiger partial charge in [0.05, 0.1) is 34.6 Å². The van der Waals surface area contributed by atoms with E-state index in [4.69, 9.17) is 33.2 Å². The third-order valence-corrected chi connectivity index (χ3v) is 11.2. The molecule has 4 aliphatic heterocycles. The fourth-order valence-corrected chi connectivity index (χ4v) is 8.04. The van der Waals surface area contributed by atoms with Crippen molar-refractivity contribution >= 4 is 41.8 Å². The Morgan fingerprint density at radius 1 is 0.588 bits per heavy atom. The first-order valence-electron chi connectivity index (χ1n) is 19.2. The molecule has 0 saturated carbocycles. The summed E-state index contributed by atoms with van der Waals surface area (Å²) in [5.74, 6) is -32.0. The van der Waals surface area contributed by atoms with Crippen molar-refractivity contribution in [1.82, 2.24) is 0 Å². The zero-order valence-electron chi connectivity index (χ0n) is 33.4. The van der Waals surface area contributed by atoms with E-state index in [9.17, 15) is 99.9 Å². The van der Waals surface area contributed by atoms with Crippen molar-refractivity contribution in [2.24, 2.45) is 5.92 Å². The fraction of sp³-hybridized carbons (Fsp3) is 0.244. The van der Waals surface area contributed by atoms with Crippen molar-refractivity contribution in [2.75, 3.05) is 6.61 Å². The summed E-state index contributed by atoms with van der Waals surface area (Å²) < 4.78 is 38.8. The van der Waals surface area contributed by atoms with E-state index in [1.54, 1.807) is 0 Å². The number of aliphatic hydroxyl groups is 1. The molecule has 0 amide bonds. The molecule has 13 N–H and O–H groups in total. The van der Waals surface area contributed by atoms with E-state index in [1.807, 2.05) is 0 Å². The minimum atomic E-state index is -2.58. The summed E-state index contributed by atoms with van der Waals surface area (Å²) in [4.78, 5) is 96.8. The number of cyclic esters (lactones) is 1. The molecular formula is C41H30O27. The van der Waals surface area contributed by atoms with Crippen LogP contribution in [-0.4, -0.2) is 152 Å².